The fraction of sp³-hybridized carbons (Fsp3) is 0.500. The van der Waals surface area contributed by atoms with E-state index in [9.17, 15) is 10.1 Å². The van der Waals surface area contributed by atoms with Crippen molar-refractivity contribution in [3.8, 4) is 6.07 Å². The quantitative estimate of drug-likeness (QED) is 0.698. The van der Waals surface area contributed by atoms with Crippen LogP contribution in [0.2, 0.25) is 0 Å². The van der Waals surface area contributed by atoms with Crippen molar-refractivity contribution in [3.63, 3.8) is 0 Å². The number of piperidine rings is 1. The van der Waals surface area contributed by atoms with E-state index in [0.29, 0.717) is 11.5 Å². The highest BCUT2D eigenvalue weighted by molar-refractivity contribution is 5.95. The molecular formula is C28H36N4O. The molecule has 33 heavy (non-hydrogen) atoms. The highest BCUT2D eigenvalue weighted by atomic mass is 16.2. The Labute approximate surface area is 198 Å². The summed E-state index contributed by atoms with van der Waals surface area (Å²) >= 11 is 0. The molecule has 1 aromatic carbocycles. The van der Waals surface area contributed by atoms with Crippen molar-refractivity contribution in [2.75, 3.05) is 52.9 Å². The maximum Gasteiger partial charge on any atom is 0.253 e. The lowest BCUT2D eigenvalue weighted by Gasteiger charge is -2.31. The van der Waals surface area contributed by atoms with Crippen LogP contribution in [0.25, 0.3) is 5.57 Å². The van der Waals surface area contributed by atoms with Gasteiger partial charge in [-0.25, -0.2) is 0 Å². The van der Waals surface area contributed by atoms with Gasteiger partial charge in [0, 0.05) is 44.2 Å². The first-order valence-corrected chi connectivity index (χ1v) is 12.3. The van der Waals surface area contributed by atoms with Gasteiger partial charge in [0.05, 0.1) is 11.6 Å². The molecule has 3 aliphatic rings. The maximum absolute atomic E-state index is 12.9. The van der Waals surface area contributed by atoms with Crippen LogP contribution in [0.3, 0.4) is 0 Å². The van der Waals surface area contributed by atoms with E-state index in [2.05, 4.69) is 48.1 Å². The summed E-state index contributed by atoms with van der Waals surface area (Å²) in [6.45, 7) is 9.26. The fourth-order valence-electron chi connectivity index (χ4n) is 5.14. The number of benzene rings is 1. The van der Waals surface area contributed by atoms with Crippen LogP contribution in [-0.2, 0) is 0 Å². The average Bonchev–Trinajstić information content (AvgIpc) is 3.16. The Bertz CT molecular complexity index is 969. The van der Waals surface area contributed by atoms with E-state index in [4.69, 9.17) is 0 Å². The predicted molar refractivity (Wildman–Crippen MR) is 134 cm³/mol. The monoisotopic (exact) mass is 444 g/mol. The average molecular weight is 445 g/mol. The third-order valence-corrected chi connectivity index (χ3v) is 7.08. The zero-order valence-corrected chi connectivity index (χ0v) is 20.0. The Hall–Kier alpha value is -2.68. The molecule has 2 aliphatic heterocycles. The number of likely N-dealkylation sites (N-methyl/N-ethyl adjacent to an activating group) is 1. The summed E-state index contributed by atoms with van der Waals surface area (Å²) in [5.74, 6) is 0.900. The summed E-state index contributed by atoms with van der Waals surface area (Å²) in [5.41, 5.74) is 3.34. The molecule has 1 aromatic rings. The van der Waals surface area contributed by atoms with Crippen molar-refractivity contribution in [3.05, 3.63) is 65.3 Å². The van der Waals surface area contributed by atoms with E-state index in [1.54, 1.807) is 0 Å². The highest BCUT2D eigenvalue weighted by Crippen LogP contribution is 2.28. The molecule has 1 aliphatic carbocycles. The molecule has 0 N–H and O–H groups in total. The third kappa shape index (κ3) is 6.01. The number of rotatable bonds is 4. The molecule has 1 amide bonds. The molecule has 0 radical (unpaired) electrons. The van der Waals surface area contributed by atoms with Crippen molar-refractivity contribution < 1.29 is 4.79 Å². The van der Waals surface area contributed by atoms with Gasteiger partial charge in [-0.1, -0.05) is 43.4 Å². The van der Waals surface area contributed by atoms with Gasteiger partial charge in [-0.3, -0.25) is 4.79 Å². The number of amides is 1. The number of nitriles is 1. The Morgan fingerprint density at radius 2 is 1.91 bits per heavy atom. The van der Waals surface area contributed by atoms with Gasteiger partial charge < -0.3 is 14.7 Å². The molecule has 2 heterocycles. The molecule has 0 bridgehead atoms. The summed E-state index contributed by atoms with van der Waals surface area (Å²) in [7, 11) is 2.19. The predicted octanol–water partition coefficient (Wildman–Crippen LogP) is 4.22. The Balaban J connectivity index is 1.45. The number of carbonyl (C=O) groups is 1. The van der Waals surface area contributed by atoms with E-state index >= 15 is 0 Å². The minimum absolute atomic E-state index is 0.113. The first kappa shape index (κ1) is 23.5. The summed E-state index contributed by atoms with van der Waals surface area (Å²) in [6.07, 6.45) is 11.9. The van der Waals surface area contributed by atoms with Crippen molar-refractivity contribution in [2.45, 2.75) is 26.2 Å². The molecule has 0 spiro atoms. The van der Waals surface area contributed by atoms with Gasteiger partial charge in [0.2, 0.25) is 0 Å². The van der Waals surface area contributed by atoms with E-state index in [1.807, 2.05) is 35.2 Å². The van der Waals surface area contributed by atoms with Crippen molar-refractivity contribution >= 4 is 11.5 Å². The number of likely N-dealkylation sites (tertiary alicyclic amines) is 1. The lowest BCUT2D eigenvalue weighted by atomic mass is 9.95. The molecule has 2 atom stereocenters. The number of nitrogens with zero attached hydrogens (tertiary/aromatic N) is 4. The van der Waals surface area contributed by atoms with Crippen LogP contribution in [0.5, 0.6) is 0 Å². The smallest absolute Gasteiger partial charge is 0.253 e. The minimum Gasteiger partial charge on any atom is -0.338 e. The van der Waals surface area contributed by atoms with E-state index < -0.39 is 0 Å². The van der Waals surface area contributed by atoms with Crippen LogP contribution in [0.4, 0.5) is 0 Å². The van der Waals surface area contributed by atoms with Gasteiger partial charge in [-0.2, -0.15) is 5.26 Å². The summed E-state index contributed by atoms with van der Waals surface area (Å²) < 4.78 is 0. The third-order valence-electron chi connectivity index (χ3n) is 7.08. The van der Waals surface area contributed by atoms with Crippen molar-refractivity contribution in [2.24, 2.45) is 11.8 Å². The molecule has 5 heteroatoms. The minimum atomic E-state index is 0.113. The number of allylic oxidation sites excluding steroid dienone is 4. The van der Waals surface area contributed by atoms with Crippen LogP contribution < -0.4 is 0 Å². The second-order valence-corrected chi connectivity index (χ2v) is 9.85. The topological polar surface area (TPSA) is 50.6 Å². The Kier molecular flexibility index (Phi) is 7.80. The number of carbonyl (C=O) groups excluding carboxylic acids is 1. The fourth-order valence-corrected chi connectivity index (χ4v) is 5.14. The molecule has 2 unspecified atom stereocenters. The van der Waals surface area contributed by atoms with Gasteiger partial charge in [0.25, 0.3) is 5.91 Å². The van der Waals surface area contributed by atoms with Crippen LogP contribution in [-0.4, -0.2) is 73.5 Å². The highest BCUT2D eigenvalue weighted by Gasteiger charge is 2.22. The Morgan fingerprint density at radius 1 is 1.09 bits per heavy atom. The van der Waals surface area contributed by atoms with Gasteiger partial charge in [0.1, 0.15) is 0 Å². The molecule has 174 valence electrons. The normalized spacial score (nSPS) is 24.9. The SMILES string of the molecule is CC1CCCN(C(=O)c2ccc(C3=CC=CC(CN4CCCN(C)CC4)C=C3C#N)cc2)C1. The van der Waals surface area contributed by atoms with Crippen LogP contribution in [0.1, 0.15) is 42.1 Å². The van der Waals surface area contributed by atoms with Gasteiger partial charge in [0.15, 0.2) is 0 Å². The van der Waals surface area contributed by atoms with E-state index in [-0.39, 0.29) is 11.8 Å². The molecule has 4 rings (SSSR count). The molecule has 5 nitrogen and oxygen atoms in total. The first-order valence-electron chi connectivity index (χ1n) is 12.3. The van der Waals surface area contributed by atoms with Crippen molar-refractivity contribution in [1.82, 2.24) is 14.7 Å². The van der Waals surface area contributed by atoms with Gasteiger partial charge >= 0.3 is 0 Å². The summed E-state index contributed by atoms with van der Waals surface area (Å²) in [5, 5.41) is 9.92. The molecule has 2 saturated heterocycles. The second-order valence-electron chi connectivity index (χ2n) is 9.85. The Morgan fingerprint density at radius 3 is 2.67 bits per heavy atom. The number of hydrogen-bond donors (Lipinski definition) is 0. The van der Waals surface area contributed by atoms with Crippen LogP contribution >= 0.6 is 0 Å². The zero-order chi connectivity index (χ0) is 23.2. The van der Waals surface area contributed by atoms with Gasteiger partial charge in [-0.15, -0.1) is 0 Å². The van der Waals surface area contributed by atoms with E-state index in [1.165, 1.54) is 12.8 Å². The zero-order valence-electron chi connectivity index (χ0n) is 20.0. The second kappa shape index (κ2) is 11.0. The van der Waals surface area contributed by atoms with Gasteiger partial charge in [-0.05, 0) is 68.6 Å². The lowest BCUT2D eigenvalue weighted by molar-refractivity contribution is 0.0683. The first-order chi connectivity index (χ1) is 16.0. The van der Waals surface area contributed by atoms with E-state index in [0.717, 1.165) is 68.9 Å². The molecule has 0 aromatic heterocycles. The largest absolute Gasteiger partial charge is 0.338 e. The molecule has 2 fully saturated rings. The van der Waals surface area contributed by atoms with Crippen LogP contribution in [0.15, 0.2) is 54.1 Å². The number of hydrogen-bond acceptors (Lipinski definition) is 4. The van der Waals surface area contributed by atoms with Crippen molar-refractivity contribution in [1.29, 1.82) is 5.26 Å². The standard InChI is InChI=1S/C28H36N4O/c1-22-6-4-15-32(20-22)28(33)25-11-9-24(10-12-25)27-8-3-7-23(18-26(27)19-29)21-31-14-5-13-30(2)16-17-31/h3,7-12,18,22-23H,4-6,13-17,20-21H2,1-2H3. The molecular weight excluding hydrogens is 408 g/mol. The van der Waals surface area contributed by atoms with Crippen LogP contribution in [0, 0.1) is 23.2 Å². The molecule has 0 saturated carbocycles. The lowest BCUT2D eigenvalue weighted by Crippen LogP contribution is -2.39. The summed E-state index contributed by atoms with van der Waals surface area (Å²) in [4.78, 5) is 19.8. The summed E-state index contributed by atoms with van der Waals surface area (Å²) in [6, 6.07) is 10.2. The maximum atomic E-state index is 12.9.